The first-order valence-corrected chi connectivity index (χ1v) is 6.66. The van der Waals surface area contributed by atoms with Crippen LogP contribution in [0.5, 0.6) is 0 Å². The third-order valence-electron chi connectivity index (χ3n) is 2.90. The van der Waals surface area contributed by atoms with Crippen LogP contribution in [0.3, 0.4) is 0 Å². The smallest absolute Gasteiger partial charge is 0.151 e. The van der Waals surface area contributed by atoms with Gasteiger partial charge in [-0.15, -0.1) is 0 Å². The number of hydrogen-bond donors (Lipinski definition) is 0. The molecule has 1 aromatic rings. The van der Waals surface area contributed by atoms with Gasteiger partial charge in [0.25, 0.3) is 0 Å². The number of aldehydes is 1. The molecule has 0 heterocycles. The molecule has 94 valence electrons. The first kappa shape index (κ1) is 14.4. The van der Waals surface area contributed by atoms with Crippen molar-refractivity contribution in [3.8, 4) is 0 Å². The molecule has 0 aliphatic rings. The zero-order chi connectivity index (χ0) is 13.4. The van der Waals surface area contributed by atoms with Crippen LogP contribution in [0.1, 0.15) is 63.0 Å². The number of rotatable bonds is 1. The Bertz CT molecular complexity index is 433. The molecule has 17 heavy (non-hydrogen) atoms. The first-order valence-electron chi connectivity index (χ1n) is 5.87. The predicted molar refractivity (Wildman–Crippen MR) is 76.9 cm³/mol. The molecule has 0 amide bonds. The van der Waals surface area contributed by atoms with Crippen LogP contribution in [0.25, 0.3) is 0 Å². The molecule has 2 heteroatoms. The summed E-state index contributed by atoms with van der Waals surface area (Å²) in [5.74, 6) is 0. The number of halogens is 1. The number of carbonyl (C=O) groups is 1. The monoisotopic (exact) mass is 296 g/mol. The van der Waals surface area contributed by atoms with Gasteiger partial charge in [-0.3, -0.25) is 4.79 Å². The minimum atomic E-state index is 0.0256. The van der Waals surface area contributed by atoms with E-state index < -0.39 is 0 Å². The van der Waals surface area contributed by atoms with E-state index in [4.69, 9.17) is 0 Å². The second-order valence-corrected chi connectivity index (χ2v) is 7.34. The van der Waals surface area contributed by atoms with Gasteiger partial charge in [0.2, 0.25) is 0 Å². The van der Waals surface area contributed by atoms with E-state index in [2.05, 4.69) is 63.5 Å². The van der Waals surface area contributed by atoms with Crippen molar-refractivity contribution >= 4 is 22.2 Å². The summed E-state index contributed by atoms with van der Waals surface area (Å²) in [6.07, 6.45) is 0.925. The van der Waals surface area contributed by atoms with Crippen molar-refractivity contribution in [3.63, 3.8) is 0 Å². The van der Waals surface area contributed by atoms with Gasteiger partial charge in [0.1, 0.15) is 0 Å². The minimum absolute atomic E-state index is 0.0256. The van der Waals surface area contributed by atoms with Crippen molar-refractivity contribution in [3.05, 3.63) is 33.3 Å². The average molecular weight is 297 g/mol. The lowest BCUT2D eigenvalue weighted by atomic mass is 9.79. The van der Waals surface area contributed by atoms with Gasteiger partial charge in [-0.2, -0.15) is 0 Å². The number of carbonyl (C=O) groups excluding carboxylic acids is 1. The second-order valence-electron chi connectivity index (χ2n) is 6.54. The molecule has 1 aromatic carbocycles. The molecule has 0 aliphatic heterocycles. The van der Waals surface area contributed by atoms with Crippen molar-refractivity contribution in [2.45, 2.75) is 52.4 Å². The van der Waals surface area contributed by atoms with Gasteiger partial charge < -0.3 is 0 Å². The molecule has 1 nitrogen and oxygen atoms in total. The third-order valence-corrected chi connectivity index (χ3v) is 3.79. The molecule has 0 spiro atoms. The largest absolute Gasteiger partial charge is 0.298 e. The standard InChI is InChI=1S/C15H21BrO/c1-14(2,3)11-7-10(9-17)13(16)12(8-11)15(4,5)6/h7-9H,1-6H3. The van der Waals surface area contributed by atoms with Crippen molar-refractivity contribution in [1.82, 2.24) is 0 Å². The molecular formula is C15H21BrO. The zero-order valence-corrected chi connectivity index (χ0v) is 13.1. The molecule has 0 aromatic heterocycles. The summed E-state index contributed by atoms with van der Waals surface area (Å²) in [6.45, 7) is 13.0. The van der Waals surface area contributed by atoms with Crippen LogP contribution in [0.2, 0.25) is 0 Å². The fraction of sp³-hybridized carbons (Fsp3) is 0.533. The van der Waals surface area contributed by atoms with Crippen LogP contribution in [-0.2, 0) is 10.8 Å². The van der Waals surface area contributed by atoms with Gasteiger partial charge in [0.15, 0.2) is 6.29 Å². The molecule has 0 saturated carbocycles. The van der Waals surface area contributed by atoms with Crippen molar-refractivity contribution in [1.29, 1.82) is 0 Å². The van der Waals surface area contributed by atoms with E-state index in [0.29, 0.717) is 0 Å². The van der Waals surface area contributed by atoms with Crippen LogP contribution in [0, 0.1) is 0 Å². The van der Waals surface area contributed by atoms with Crippen molar-refractivity contribution in [2.75, 3.05) is 0 Å². The highest BCUT2D eigenvalue weighted by atomic mass is 79.9. The van der Waals surface area contributed by atoms with E-state index in [0.717, 1.165) is 16.3 Å². The Morgan fingerprint density at radius 3 is 1.88 bits per heavy atom. The van der Waals surface area contributed by atoms with Gasteiger partial charge in [0, 0.05) is 10.0 Å². The van der Waals surface area contributed by atoms with Crippen LogP contribution >= 0.6 is 15.9 Å². The molecule has 0 bridgehead atoms. The molecule has 0 aliphatic carbocycles. The van der Waals surface area contributed by atoms with E-state index in [9.17, 15) is 4.79 Å². The van der Waals surface area contributed by atoms with Crippen LogP contribution in [-0.4, -0.2) is 6.29 Å². The van der Waals surface area contributed by atoms with Crippen molar-refractivity contribution in [2.24, 2.45) is 0 Å². The molecule has 0 saturated heterocycles. The lowest BCUT2D eigenvalue weighted by Gasteiger charge is -2.27. The zero-order valence-electron chi connectivity index (χ0n) is 11.5. The summed E-state index contributed by atoms with van der Waals surface area (Å²) in [5, 5.41) is 0. The highest BCUT2D eigenvalue weighted by molar-refractivity contribution is 9.10. The second kappa shape index (κ2) is 4.56. The minimum Gasteiger partial charge on any atom is -0.298 e. The van der Waals surface area contributed by atoms with Gasteiger partial charge in [-0.25, -0.2) is 0 Å². The first-order chi connectivity index (χ1) is 7.57. The van der Waals surface area contributed by atoms with Crippen LogP contribution < -0.4 is 0 Å². The predicted octanol–water partition coefficient (Wildman–Crippen LogP) is 4.86. The maximum absolute atomic E-state index is 11.2. The highest BCUT2D eigenvalue weighted by Gasteiger charge is 2.23. The maximum Gasteiger partial charge on any atom is 0.151 e. The third kappa shape index (κ3) is 3.19. The van der Waals surface area contributed by atoms with Crippen LogP contribution in [0.4, 0.5) is 0 Å². The summed E-state index contributed by atoms with van der Waals surface area (Å²) in [5.41, 5.74) is 3.21. The SMILES string of the molecule is CC(C)(C)c1cc(C=O)c(Br)c(C(C)(C)C)c1. The lowest BCUT2D eigenvalue weighted by Crippen LogP contribution is -2.18. The fourth-order valence-corrected chi connectivity index (χ4v) is 2.63. The Kier molecular flexibility index (Phi) is 3.87. The Morgan fingerprint density at radius 2 is 1.53 bits per heavy atom. The molecule has 0 N–H and O–H groups in total. The topological polar surface area (TPSA) is 17.1 Å². The number of benzene rings is 1. The summed E-state index contributed by atoms with van der Waals surface area (Å²) >= 11 is 3.55. The van der Waals surface area contributed by atoms with E-state index >= 15 is 0 Å². The van der Waals surface area contributed by atoms with E-state index in [1.807, 2.05) is 6.07 Å². The quantitative estimate of drug-likeness (QED) is 0.677. The van der Waals surface area contributed by atoms with Crippen molar-refractivity contribution < 1.29 is 4.79 Å². The van der Waals surface area contributed by atoms with Gasteiger partial charge in [-0.1, -0.05) is 47.6 Å². The number of hydrogen-bond acceptors (Lipinski definition) is 1. The Morgan fingerprint density at radius 1 is 1.00 bits per heavy atom. The Hall–Kier alpha value is -0.630. The summed E-state index contributed by atoms with van der Waals surface area (Å²) < 4.78 is 0.924. The summed E-state index contributed by atoms with van der Waals surface area (Å²) in [6, 6.07) is 4.18. The van der Waals surface area contributed by atoms with E-state index in [1.165, 1.54) is 11.1 Å². The fourth-order valence-electron chi connectivity index (χ4n) is 1.71. The molecule has 1 rings (SSSR count). The molecule has 0 radical (unpaired) electrons. The maximum atomic E-state index is 11.2. The average Bonchev–Trinajstić information content (AvgIpc) is 2.14. The summed E-state index contributed by atoms with van der Waals surface area (Å²) in [4.78, 5) is 11.2. The lowest BCUT2D eigenvalue weighted by molar-refractivity contribution is 0.112. The highest BCUT2D eigenvalue weighted by Crippen LogP contribution is 2.36. The Balaban J connectivity index is 3.56. The molecule has 0 atom stereocenters. The van der Waals surface area contributed by atoms with E-state index in [-0.39, 0.29) is 10.8 Å². The van der Waals surface area contributed by atoms with Gasteiger partial charge in [0.05, 0.1) is 0 Å². The molecule has 0 fully saturated rings. The normalized spacial score (nSPS) is 12.6. The molecule has 0 unspecified atom stereocenters. The van der Waals surface area contributed by atoms with Crippen LogP contribution in [0.15, 0.2) is 16.6 Å². The van der Waals surface area contributed by atoms with E-state index in [1.54, 1.807) is 0 Å². The van der Waals surface area contributed by atoms with Gasteiger partial charge in [-0.05, 0) is 44.0 Å². The Labute approximate surface area is 113 Å². The van der Waals surface area contributed by atoms with Gasteiger partial charge >= 0.3 is 0 Å². The summed E-state index contributed by atoms with van der Waals surface area (Å²) in [7, 11) is 0. The molecular weight excluding hydrogens is 276 g/mol.